The number of aliphatic carboxylic acids is 1. The number of hydrogen-bond acceptors (Lipinski definition) is 6. The number of carboxylic acid groups (broad SMARTS) is 1. The highest BCUT2D eigenvalue weighted by molar-refractivity contribution is 9.10. The van der Waals surface area contributed by atoms with Gasteiger partial charge in [0.25, 0.3) is 5.91 Å². The Kier molecular flexibility index (Phi) is 8.39. The molecule has 8 nitrogen and oxygen atoms in total. The van der Waals surface area contributed by atoms with Gasteiger partial charge in [-0.1, -0.05) is 17.7 Å². The van der Waals surface area contributed by atoms with Crippen molar-refractivity contribution in [2.45, 2.75) is 57.1 Å². The first-order valence-electron chi connectivity index (χ1n) is 11.6. The van der Waals surface area contributed by atoms with E-state index in [1.165, 1.54) is 18.0 Å². The minimum Gasteiger partial charge on any atom is -0.480 e. The maximum absolute atomic E-state index is 12.5. The number of aromatic nitrogens is 2. The fourth-order valence-electron chi connectivity index (χ4n) is 4.37. The maximum atomic E-state index is 12.5. The van der Waals surface area contributed by atoms with Crippen LogP contribution in [-0.2, 0) is 22.4 Å². The van der Waals surface area contributed by atoms with Crippen LogP contribution in [-0.4, -0.2) is 52.2 Å². The second-order valence-electron chi connectivity index (χ2n) is 8.84. The molecule has 1 aliphatic heterocycles. The van der Waals surface area contributed by atoms with Crippen molar-refractivity contribution in [2.24, 2.45) is 5.92 Å². The lowest BCUT2D eigenvalue weighted by Crippen LogP contribution is -2.42. The normalized spacial score (nSPS) is 19.9. The van der Waals surface area contributed by atoms with E-state index in [-0.39, 0.29) is 29.7 Å². The molecule has 0 radical (unpaired) electrons. The Labute approximate surface area is 212 Å². The first kappa shape index (κ1) is 24.9. The average Bonchev–Trinajstić information content (AvgIpc) is 2.78. The van der Waals surface area contributed by atoms with E-state index in [1.807, 2.05) is 0 Å². The summed E-state index contributed by atoms with van der Waals surface area (Å²) in [5.41, 5.74) is 2.59. The zero-order valence-electron chi connectivity index (χ0n) is 18.7. The monoisotopic (exact) mass is 550 g/mol. The molecule has 0 aromatic carbocycles. The summed E-state index contributed by atoms with van der Waals surface area (Å²) in [4.78, 5) is 32.8. The predicted octanol–water partition coefficient (Wildman–Crippen LogP) is 4.25. The smallest absolute Gasteiger partial charge is 0.326 e. The van der Waals surface area contributed by atoms with Gasteiger partial charge in [-0.05, 0) is 72.0 Å². The van der Waals surface area contributed by atoms with Crippen LogP contribution in [0.15, 0.2) is 29.0 Å². The lowest BCUT2D eigenvalue weighted by atomic mass is 9.79. The fraction of sp³-hybridized carbons (Fsp3) is 0.500. The highest BCUT2D eigenvalue weighted by Crippen LogP contribution is 2.34. The molecule has 2 aromatic heterocycles. The maximum Gasteiger partial charge on any atom is 0.326 e. The molecule has 1 fully saturated rings. The van der Waals surface area contributed by atoms with Crippen molar-refractivity contribution in [2.75, 3.05) is 18.5 Å². The van der Waals surface area contributed by atoms with Gasteiger partial charge >= 0.3 is 5.97 Å². The number of pyridine rings is 2. The van der Waals surface area contributed by atoms with Crippen LogP contribution in [0.2, 0.25) is 5.02 Å². The molecular weight excluding hydrogens is 524 g/mol. The van der Waals surface area contributed by atoms with Crippen LogP contribution in [0.4, 0.5) is 5.82 Å². The molecule has 0 saturated heterocycles. The number of hydrogen-bond donors (Lipinski definition) is 3. The summed E-state index contributed by atoms with van der Waals surface area (Å²) < 4.78 is 6.27. The molecule has 1 aliphatic carbocycles. The quantitative estimate of drug-likeness (QED) is 0.404. The van der Waals surface area contributed by atoms with Gasteiger partial charge in [-0.3, -0.25) is 9.78 Å². The third-order valence-corrected chi connectivity index (χ3v) is 7.28. The second-order valence-corrected chi connectivity index (χ2v) is 10.1. The van der Waals surface area contributed by atoms with Gasteiger partial charge in [0.05, 0.1) is 21.2 Å². The Bertz CT molecular complexity index is 1030. The molecule has 3 heterocycles. The SMILES string of the molecule is O=C(NC(CCOC1CC(CCc2ccc3c(n2)NCCC3)C1)C(=O)O)c1c(Cl)cncc1Br. The molecule has 10 heteroatoms. The van der Waals surface area contributed by atoms with E-state index in [9.17, 15) is 14.7 Å². The average molecular weight is 552 g/mol. The molecule has 1 atom stereocenters. The number of nitrogens with one attached hydrogen (secondary N) is 2. The molecule has 1 amide bonds. The highest BCUT2D eigenvalue weighted by Gasteiger charge is 2.30. The van der Waals surface area contributed by atoms with Gasteiger partial charge in [-0.25, -0.2) is 9.78 Å². The fourth-order valence-corrected chi connectivity index (χ4v) is 5.24. The molecule has 0 bridgehead atoms. The largest absolute Gasteiger partial charge is 0.480 e. The van der Waals surface area contributed by atoms with Crippen LogP contribution in [0.3, 0.4) is 0 Å². The number of carbonyl (C=O) groups excluding carboxylic acids is 1. The van der Waals surface area contributed by atoms with E-state index in [1.54, 1.807) is 0 Å². The van der Waals surface area contributed by atoms with E-state index < -0.39 is 17.9 Å². The molecule has 0 spiro atoms. The van der Waals surface area contributed by atoms with Crippen LogP contribution in [0.1, 0.15) is 53.7 Å². The molecular formula is C24H28BrClN4O4. The minimum absolute atomic E-state index is 0.136. The molecule has 182 valence electrons. The van der Waals surface area contributed by atoms with Crippen molar-refractivity contribution < 1.29 is 19.4 Å². The van der Waals surface area contributed by atoms with Crippen molar-refractivity contribution in [3.8, 4) is 0 Å². The summed E-state index contributed by atoms with van der Waals surface area (Å²) in [5.74, 6) is -0.0488. The van der Waals surface area contributed by atoms with Crippen LogP contribution < -0.4 is 10.6 Å². The van der Waals surface area contributed by atoms with Crippen LogP contribution in [0.5, 0.6) is 0 Å². The van der Waals surface area contributed by atoms with Gasteiger partial charge in [-0.15, -0.1) is 0 Å². The standard InChI is InChI=1S/C24H28BrClN4O4/c25-18-12-27-13-19(26)21(18)23(31)30-20(24(32)33)7-9-34-17-10-14(11-17)3-5-16-6-4-15-2-1-8-28-22(15)29-16/h4,6,12-14,17,20H,1-3,5,7-11H2,(H,28,29)(H,30,31)(H,32,33). The Morgan fingerprint density at radius 3 is 2.91 bits per heavy atom. The number of amides is 1. The number of fused-ring (bicyclic) bond motifs is 1. The third-order valence-electron chi connectivity index (χ3n) is 6.40. The molecule has 34 heavy (non-hydrogen) atoms. The van der Waals surface area contributed by atoms with Gasteiger partial charge in [0, 0.05) is 37.7 Å². The van der Waals surface area contributed by atoms with Gasteiger partial charge in [0.1, 0.15) is 11.9 Å². The first-order valence-corrected chi connectivity index (χ1v) is 12.7. The van der Waals surface area contributed by atoms with Gasteiger partial charge in [0.2, 0.25) is 0 Å². The third kappa shape index (κ3) is 6.25. The number of ether oxygens (including phenoxy) is 1. The van der Waals surface area contributed by atoms with E-state index >= 15 is 0 Å². The summed E-state index contributed by atoms with van der Waals surface area (Å²) in [6.45, 7) is 1.25. The molecule has 2 aliphatic rings. The summed E-state index contributed by atoms with van der Waals surface area (Å²) in [6, 6.07) is 3.26. The van der Waals surface area contributed by atoms with Crippen molar-refractivity contribution >= 4 is 45.2 Å². The summed E-state index contributed by atoms with van der Waals surface area (Å²) >= 11 is 9.26. The molecule has 3 N–H and O–H groups in total. The second kappa shape index (κ2) is 11.5. The zero-order valence-corrected chi connectivity index (χ0v) is 21.1. The number of nitrogens with zero attached hydrogens (tertiary/aromatic N) is 2. The zero-order chi connectivity index (χ0) is 24.1. The topological polar surface area (TPSA) is 113 Å². The van der Waals surface area contributed by atoms with E-state index in [0.29, 0.717) is 10.4 Å². The van der Waals surface area contributed by atoms with E-state index in [0.717, 1.165) is 56.6 Å². The minimum atomic E-state index is -1.11. The number of anilines is 1. The van der Waals surface area contributed by atoms with Crippen LogP contribution >= 0.6 is 27.5 Å². The van der Waals surface area contributed by atoms with Crippen molar-refractivity contribution in [1.29, 1.82) is 0 Å². The summed E-state index contributed by atoms with van der Waals surface area (Å²) in [6.07, 6.45) is 9.29. The Morgan fingerprint density at radius 1 is 1.32 bits per heavy atom. The van der Waals surface area contributed by atoms with Gasteiger partial charge in [0.15, 0.2) is 0 Å². The van der Waals surface area contributed by atoms with Crippen molar-refractivity contribution in [1.82, 2.24) is 15.3 Å². The molecule has 1 saturated carbocycles. The van der Waals surface area contributed by atoms with Crippen molar-refractivity contribution in [3.63, 3.8) is 0 Å². The first-order chi connectivity index (χ1) is 16.4. The number of carbonyl (C=O) groups is 2. The van der Waals surface area contributed by atoms with Crippen molar-refractivity contribution in [3.05, 3.63) is 50.8 Å². The molecule has 2 aromatic rings. The molecule has 1 unspecified atom stereocenters. The molecule has 4 rings (SSSR count). The van der Waals surface area contributed by atoms with Gasteiger partial charge in [-0.2, -0.15) is 0 Å². The van der Waals surface area contributed by atoms with E-state index in [2.05, 4.69) is 43.7 Å². The lowest BCUT2D eigenvalue weighted by Gasteiger charge is -2.35. The highest BCUT2D eigenvalue weighted by atomic mass is 79.9. The van der Waals surface area contributed by atoms with Gasteiger partial charge < -0.3 is 20.5 Å². The number of halogens is 2. The predicted molar refractivity (Wildman–Crippen MR) is 132 cm³/mol. The lowest BCUT2D eigenvalue weighted by molar-refractivity contribution is -0.140. The Morgan fingerprint density at radius 2 is 2.15 bits per heavy atom. The number of carboxylic acids is 1. The van der Waals surface area contributed by atoms with E-state index in [4.69, 9.17) is 21.3 Å². The Hall–Kier alpha value is -2.23. The number of rotatable bonds is 10. The Balaban J connectivity index is 1.17. The van der Waals surface area contributed by atoms with Crippen LogP contribution in [0, 0.1) is 5.92 Å². The summed E-state index contributed by atoms with van der Waals surface area (Å²) in [5, 5.41) is 15.6. The van der Waals surface area contributed by atoms with Crippen LogP contribution in [0.25, 0.3) is 0 Å². The number of aryl methyl sites for hydroxylation is 2. The summed E-state index contributed by atoms with van der Waals surface area (Å²) in [7, 11) is 0.